The van der Waals surface area contributed by atoms with Crippen molar-refractivity contribution >= 4 is 27.5 Å². The molecule has 0 N–H and O–H groups in total. The zero-order valence-electron chi connectivity index (χ0n) is 13.4. The van der Waals surface area contributed by atoms with Gasteiger partial charge in [-0.2, -0.15) is 10.4 Å². The lowest BCUT2D eigenvalue weighted by Gasteiger charge is -2.27. The Hall–Kier alpha value is -2.16. The highest BCUT2D eigenvalue weighted by molar-refractivity contribution is 9.10. The SMILES string of the molecule is N#CC(CCc1ccc(Br)cc1)(Cn1cncn1)c1ccc(Cl)cc1. The van der Waals surface area contributed by atoms with E-state index in [1.807, 2.05) is 36.4 Å². The molecule has 3 rings (SSSR count). The van der Waals surface area contributed by atoms with Gasteiger partial charge in [0.15, 0.2) is 0 Å². The van der Waals surface area contributed by atoms with Gasteiger partial charge in [-0.1, -0.05) is 51.8 Å². The van der Waals surface area contributed by atoms with Gasteiger partial charge in [0.25, 0.3) is 0 Å². The predicted molar refractivity (Wildman–Crippen MR) is 101 cm³/mol. The molecule has 2 aromatic carbocycles. The summed E-state index contributed by atoms with van der Waals surface area (Å²) in [5.41, 5.74) is 1.42. The van der Waals surface area contributed by atoms with Crippen LogP contribution in [0.5, 0.6) is 0 Å². The molecule has 0 aliphatic carbocycles. The van der Waals surface area contributed by atoms with Crippen molar-refractivity contribution < 1.29 is 0 Å². The van der Waals surface area contributed by atoms with Crippen LogP contribution in [0.3, 0.4) is 0 Å². The third kappa shape index (κ3) is 4.28. The standard InChI is InChI=1S/C19H16BrClN4/c20-17-5-1-15(2-6-17)9-10-19(11-22,12-25-14-23-13-24-25)16-3-7-18(21)8-4-16/h1-8,13-14H,9-10,12H2. The Morgan fingerprint density at radius 3 is 2.44 bits per heavy atom. The Kier molecular flexibility index (Phi) is 5.52. The van der Waals surface area contributed by atoms with Crippen molar-refractivity contribution in [1.29, 1.82) is 5.26 Å². The van der Waals surface area contributed by atoms with Gasteiger partial charge >= 0.3 is 0 Å². The fourth-order valence-corrected chi connectivity index (χ4v) is 3.23. The Bertz CT molecular complexity index is 854. The second-order valence-electron chi connectivity index (χ2n) is 5.92. The predicted octanol–water partition coefficient (Wildman–Crippen LogP) is 4.79. The summed E-state index contributed by atoms with van der Waals surface area (Å²) in [7, 11) is 0. The smallest absolute Gasteiger partial charge is 0.137 e. The van der Waals surface area contributed by atoms with Crippen molar-refractivity contribution in [2.45, 2.75) is 24.8 Å². The van der Waals surface area contributed by atoms with Crippen LogP contribution >= 0.6 is 27.5 Å². The highest BCUT2D eigenvalue weighted by Gasteiger charge is 2.33. The van der Waals surface area contributed by atoms with Gasteiger partial charge in [-0.15, -0.1) is 0 Å². The molecule has 1 atom stereocenters. The van der Waals surface area contributed by atoms with Crippen LogP contribution in [0.25, 0.3) is 0 Å². The molecule has 1 aromatic heterocycles. The molecule has 25 heavy (non-hydrogen) atoms. The van der Waals surface area contributed by atoms with E-state index in [-0.39, 0.29) is 0 Å². The molecular weight excluding hydrogens is 400 g/mol. The maximum absolute atomic E-state index is 10.1. The minimum Gasteiger partial charge on any atom is -0.251 e. The average molecular weight is 416 g/mol. The molecule has 3 aromatic rings. The molecule has 0 spiro atoms. The number of nitrogens with zero attached hydrogens (tertiary/aromatic N) is 4. The van der Waals surface area contributed by atoms with Crippen molar-refractivity contribution in [3.05, 3.63) is 81.8 Å². The normalized spacial score (nSPS) is 13.2. The Labute approximate surface area is 160 Å². The van der Waals surface area contributed by atoms with Crippen molar-refractivity contribution in [2.24, 2.45) is 0 Å². The molecule has 0 radical (unpaired) electrons. The van der Waals surface area contributed by atoms with E-state index in [0.717, 1.165) is 16.5 Å². The van der Waals surface area contributed by atoms with Gasteiger partial charge in [0.1, 0.15) is 18.1 Å². The number of aromatic nitrogens is 3. The summed E-state index contributed by atoms with van der Waals surface area (Å²) < 4.78 is 2.75. The maximum atomic E-state index is 10.1. The van der Waals surface area contributed by atoms with Gasteiger partial charge in [-0.05, 0) is 48.2 Å². The first-order valence-electron chi connectivity index (χ1n) is 7.85. The first-order valence-corrected chi connectivity index (χ1v) is 9.02. The van der Waals surface area contributed by atoms with Gasteiger partial charge in [-0.3, -0.25) is 4.68 Å². The molecule has 0 saturated carbocycles. The van der Waals surface area contributed by atoms with Crippen LogP contribution in [0.1, 0.15) is 17.5 Å². The van der Waals surface area contributed by atoms with Crippen LogP contribution in [-0.2, 0) is 18.4 Å². The third-order valence-corrected chi connectivity index (χ3v) is 5.04. The largest absolute Gasteiger partial charge is 0.251 e. The number of hydrogen-bond acceptors (Lipinski definition) is 3. The van der Waals surface area contributed by atoms with Gasteiger partial charge in [0.05, 0.1) is 12.6 Å². The van der Waals surface area contributed by atoms with Crippen LogP contribution in [0.2, 0.25) is 5.02 Å². The Balaban J connectivity index is 1.91. The lowest BCUT2D eigenvalue weighted by molar-refractivity contribution is 0.402. The van der Waals surface area contributed by atoms with Crippen LogP contribution in [0.15, 0.2) is 65.7 Å². The molecule has 0 aliphatic heterocycles. The maximum Gasteiger partial charge on any atom is 0.137 e. The summed E-state index contributed by atoms with van der Waals surface area (Å²) in [6, 6.07) is 18.2. The van der Waals surface area contributed by atoms with E-state index in [9.17, 15) is 5.26 Å². The Morgan fingerprint density at radius 1 is 1.12 bits per heavy atom. The molecule has 0 aliphatic rings. The molecule has 0 fully saturated rings. The molecule has 4 nitrogen and oxygen atoms in total. The quantitative estimate of drug-likeness (QED) is 0.582. The Morgan fingerprint density at radius 2 is 1.84 bits per heavy atom. The second kappa shape index (κ2) is 7.81. The lowest BCUT2D eigenvalue weighted by atomic mass is 9.77. The van der Waals surface area contributed by atoms with Crippen molar-refractivity contribution in [1.82, 2.24) is 14.8 Å². The molecule has 0 bridgehead atoms. The molecule has 1 heterocycles. The van der Waals surface area contributed by atoms with Gasteiger partial charge in [0.2, 0.25) is 0 Å². The zero-order valence-corrected chi connectivity index (χ0v) is 15.8. The van der Waals surface area contributed by atoms with E-state index in [1.54, 1.807) is 11.0 Å². The third-order valence-electron chi connectivity index (χ3n) is 4.26. The second-order valence-corrected chi connectivity index (χ2v) is 7.27. The fourth-order valence-electron chi connectivity index (χ4n) is 2.84. The van der Waals surface area contributed by atoms with Gasteiger partial charge < -0.3 is 0 Å². The van der Waals surface area contributed by atoms with E-state index in [0.29, 0.717) is 18.0 Å². The number of halogens is 2. The first kappa shape index (κ1) is 17.7. The van der Waals surface area contributed by atoms with Gasteiger partial charge in [-0.25, -0.2) is 4.98 Å². The van der Waals surface area contributed by atoms with E-state index in [2.05, 4.69) is 44.2 Å². The fraction of sp³-hybridized carbons (Fsp3) is 0.211. The summed E-state index contributed by atoms with van der Waals surface area (Å²) in [5, 5.41) is 14.9. The number of rotatable bonds is 6. The van der Waals surface area contributed by atoms with E-state index >= 15 is 0 Å². The van der Waals surface area contributed by atoms with Crippen LogP contribution in [0, 0.1) is 11.3 Å². The highest BCUT2D eigenvalue weighted by Crippen LogP contribution is 2.32. The summed E-state index contributed by atoms with van der Waals surface area (Å²) in [6.45, 7) is 0.446. The van der Waals surface area contributed by atoms with E-state index in [1.165, 1.54) is 11.9 Å². The topological polar surface area (TPSA) is 54.5 Å². The van der Waals surface area contributed by atoms with E-state index in [4.69, 9.17) is 11.6 Å². The van der Waals surface area contributed by atoms with Crippen molar-refractivity contribution in [2.75, 3.05) is 0 Å². The lowest BCUT2D eigenvalue weighted by Crippen LogP contribution is -2.31. The molecule has 6 heteroatoms. The van der Waals surface area contributed by atoms with Crippen LogP contribution < -0.4 is 0 Å². The van der Waals surface area contributed by atoms with E-state index < -0.39 is 5.41 Å². The number of hydrogen-bond donors (Lipinski definition) is 0. The van der Waals surface area contributed by atoms with Crippen molar-refractivity contribution in [3.8, 4) is 6.07 Å². The summed E-state index contributed by atoms with van der Waals surface area (Å²) in [6.07, 6.45) is 4.59. The zero-order chi connectivity index (χ0) is 17.7. The minimum absolute atomic E-state index is 0.446. The summed E-state index contributed by atoms with van der Waals surface area (Å²) in [4.78, 5) is 3.99. The van der Waals surface area contributed by atoms with Crippen LogP contribution in [0.4, 0.5) is 0 Å². The minimum atomic E-state index is -0.703. The summed E-state index contributed by atoms with van der Waals surface area (Å²) >= 11 is 9.47. The first-order chi connectivity index (χ1) is 12.1. The molecule has 126 valence electrons. The number of aryl methyl sites for hydroxylation is 1. The monoisotopic (exact) mass is 414 g/mol. The average Bonchev–Trinajstić information content (AvgIpc) is 3.13. The van der Waals surface area contributed by atoms with Crippen molar-refractivity contribution in [3.63, 3.8) is 0 Å². The molecule has 0 saturated heterocycles. The number of benzene rings is 2. The van der Waals surface area contributed by atoms with Crippen LogP contribution in [-0.4, -0.2) is 14.8 Å². The molecule has 0 amide bonds. The van der Waals surface area contributed by atoms with Gasteiger partial charge in [0, 0.05) is 9.50 Å². The summed E-state index contributed by atoms with van der Waals surface area (Å²) in [5.74, 6) is 0. The molecule has 1 unspecified atom stereocenters. The highest BCUT2D eigenvalue weighted by atomic mass is 79.9. The number of nitriles is 1. The molecular formula is C19H16BrClN4.